The third-order valence-electron chi connectivity index (χ3n) is 3.93. The van der Waals surface area contributed by atoms with Gasteiger partial charge in [0.1, 0.15) is 0 Å². The highest BCUT2D eigenvalue weighted by molar-refractivity contribution is 4.92. The van der Waals surface area contributed by atoms with Gasteiger partial charge < -0.3 is 14.8 Å². The minimum atomic E-state index is 0.422. The molecular weight excluding hydrogens is 226 g/mol. The lowest BCUT2D eigenvalue weighted by Gasteiger charge is -2.31. The van der Waals surface area contributed by atoms with Crippen LogP contribution >= 0.6 is 0 Å². The zero-order valence-corrected chi connectivity index (χ0v) is 12.6. The normalized spacial score (nSPS) is 19.2. The van der Waals surface area contributed by atoms with E-state index in [0.717, 1.165) is 38.7 Å². The third kappa shape index (κ3) is 6.17. The molecule has 0 bridgehead atoms. The Labute approximate surface area is 113 Å². The average molecular weight is 257 g/mol. The van der Waals surface area contributed by atoms with Crippen LogP contribution in [0.15, 0.2) is 0 Å². The molecule has 1 aliphatic rings. The van der Waals surface area contributed by atoms with Crippen LogP contribution in [0, 0.1) is 11.3 Å². The van der Waals surface area contributed by atoms with Gasteiger partial charge in [-0.2, -0.15) is 0 Å². The fourth-order valence-electron chi connectivity index (χ4n) is 2.37. The summed E-state index contributed by atoms with van der Waals surface area (Å²) in [5, 5.41) is 3.59. The maximum Gasteiger partial charge on any atom is 0.0487 e. The Morgan fingerprint density at radius 3 is 2.50 bits per heavy atom. The first kappa shape index (κ1) is 15.9. The Kier molecular flexibility index (Phi) is 7.20. The summed E-state index contributed by atoms with van der Waals surface area (Å²) in [6.45, 7) is 10.5. The van der Waals surface area contributed by atoms with E-state index in [-0.39, 0.29) is 0 Å². The van der Waals surface area contributed by atoms with E-state index in [1.54, 1.807) is 7.11 Å². The van der Waals surface area contributed by atoms with Crippen molar-refractivity contribution < 1.29 is 9.47 Å². The largest absolute Gasteiger partial charge is 0.385 e. The predicted octanol–water partition coefficient (Wildman–Crippen LogP) is 2.84. The average Bonchev–Trinajstić information content (AvgIpc) is 3.15. The lowest BCUT2D eigenvalue weighted by atomic mass is 9.81. The predicted molar refractivity (Wildman–Crippen MR) is 75.9 cm³/mol. The van der Waals surface area contributed by atoms with E-state index in [9.17, 15) is 0 Å². The summed E-state index contributed by atoms with van der Waals surface area (Å²) in [6.07, 6.45) is 4.98. The highest BCUT2D eigenvalue weighted by atomic mass is 16.5. The molecular formula is C15H31NO2. The summed E-state index contributed by atoms with van der Waals surface area (Å²) < 4.78 is 10.7. The number of hydrogen-bond acceptors (Lipinski definition) is 3. The van der Waals surface area contributed by atoms with Crippen molar-refractivity contribution in [1.29, 1.82) is 0 Å². The van der Waals surface area contributed by atoms with E-state index < -0.39 is 0 Å². The molecule has 0 aromatic heterocycles. The van der Waals surface area contributed by atoms with E-state index in [4.69, 9.17) is 9.47 Å². The molecule has 0 saturated heterocycles. The minimum Gasteiger partial charge on any atom is -0.385 e. The fourth-order valence-corrected chi connectivity index (χ4v) is 2.37. The molecule has 1 rings (SSSR count). The molecule has 1 N–H and O–H groups in total. The molecule has 0 radical (unpaired) electrons. The van der Waals surface area contributed by atoms with Crippen molar-refractivity contribution >= 4 is 0 Å². The van der Waals surface area contributed by atoms with E-state index in [1.165, 1.54) is 19.3 Å². The molecule has 0 aliphatic heterocycles. The maximum atomic E-state index is 5.71. The first-order valence-corrected chi connectivity index (χ1v) is 7.38. The summed E-state index contributed by atoms with van der Waals surface area (Å²) >= 11 is 0. The standard InChI is InChI=1S/C15H31NO2/c1-13(2)16-12-15(3,14-6-7-14)8-11-18-10-5-9-17-4/h13-14,16H,5-12H2,1-4H3. The summed E-state index contributed by atoms with van der Waals surface area (Å²) in [5.41, 5.74) is 0.422. The number of rotatable bonds is 11. The van der Waals surface area contributed by atoms with Crippen molar-refractivity contribution in [1.82, 2.24) is 5.32 Å². The van der Waals surface area contributed by atoms with E-state index in [1.807, 2.05) is 0 Å². The Hall–Kier alpha value is -0.120. The van der Waals surface area contributed by atoms with Crippen LogP contribution in [0.5, 0.6) is 0 Å². The topological polar surface area (TPSA) is 30.5 Å². The zero-order chi connectivity index (χ0) is 13.4. The second-order valence-electron chi connectivity index (χ2n) is 6.17. The summed E-state index contributed by atoms with van der Waals surface area (Å²) in [6, 6.07) is 0.575. The van der Waals surface area contributed by atoms with Gasteiger partial charge in [-0.05, 0) is 37.0 Å². The minimum absolute atomic E-state index is 0.422. The molecule has 1 atom stereocenters. The quantitative estimate of drug-likeness (QED) is 0.577. The van der Waals surface area contributed by atoms with Crippen LogP contribution in [0.3, 0.4) is 0 Å². The molecule has 0 aromatic rings. The summed E-state index contributed by atoms with van der Waals surface area (Å²) in [7, 11) is 1.74. The van der Waals surface area contributed by atoms with Gasteiger partial charge >= 0.3 is 0 Å². The van der Waals surface area contributed by atoms with Gasteiger partial charge in [0.15, 0.2) is 0 Å². The maximum absolute atomic E-state index is 5.71. The van der Waals surface area contributed by atoms with E-state index in [0.29, 0.717) is 11.5 Å². The first-order valence-electron chi connectivity index (χ1n) is 7.38. The van der Waals surface area contributed by atoms with Crippen LogP contribution in [-0.2, 0) is 9.47 Å². The number of nitrogens with one attached hydrogen (secondary N) is 1. The lowest BCUT2D eigenvalue weighted by Crippen LogP contribution is -2.38. The fraction of sp³-hybridized carbons (Fsp3) is 1.00. The molecule has 1 unspecified atom stereocenters. The van der Waals surface area contributed by atoms with E-state index >= 15 is 0 Å². The van der Waals surface area contributed by atoms with Crippen molar-refractivity contribution in [3.8, 4) is 0 Å². The highest BCUT2D eigenvalue weighted by Gasteiger charge is 2.40. The van der Waals surface area contributed by atoms with E-state index in [2.05, 4.69) is 26.1 Å². The second kappa shape index (κ2) is 8.13. The second-order valence-corrected chi connectivity index (χ2v) is 6.17. The Bertz CT molecular complexity index is 217. The Balaban J connectivity index is 2.16. The number of hydrogen-bond donors (Lipinski definition) is 1. The van der Waals surface area contributed by atoms with Crippen LogP contribution in [0.25, 0.3) is 0 Å². The molecule has 1 fully saturated rings. The smallest absolute Gasteiger partial charge is 0.0487 e. The molecule has 3 heteroatoms. The lowest BCUT2D eigenvalue weighted by molar-refractivity contribution is 0.0729. The van der Waals surface area contributed by atoms with Crippen LogP contribution in [0.2, 0.25) is 0 Å². The molecule has 0 amide bonds. The van der Waals surface area contributed by atoms with Gasteiger partial charge in [-0.25, -0.2) is 0 Å². The number of methoxy groups -OCH3 is 1. The van der Waals surface area contributed by atoms with Crippen molar-refractivity contribution in [2.24, 2.45) is 11.3 Å². The molecule has 108 valence electrons. The van der Waals surface area contributed by atoms with Crippen LogP contribution < -0.4 is 5.32 Å². The van der Waals surface area contributed by atoms with Crippen molar-refractivity contribution in [3.05, 3.63) is 0 Å². The van der Waals surface area contributed by atoms with Gasteiger partial charge in [-0.1, -0.05) is 20.8 Å². The molecule has 1 saturated carbocycles. The van der Waals surface area contributed by atoms with Crippen LogP contribution in [0.1, 0.15) is 46.5 Å². The third-order valence-corrected chi connectivity index (χ3v) is 3.93. The molecule has 0 heterocycles. The van der Waals surface area contributed by atoms with Gasteiger partial charge in [0.25, 0.3) is 0 Å². The van der Waals surface area contributed by atoms with Gasteiger partial charge in [0, 0.05) is 39.5 Å². The van der Waals surface area contributed by atoms with Gasteiger partial charge in [0.2, 0.25) is 0 Å². The Morgan fingerprint density at radius 2 is 1.94 bits per heavy atom. The monoisotopic (exact) mass is 257 g/mol. The van der Waals surface area contributed by atoms with Gasteiger partial charge in [0.05, 0.1) is 0 Å². The Morgan fingerprint density at radius 1 is 1.22 bits per heavy atom. The van der Waals surface area contributed by atoms with Crippen molar-refractivity contribution in [2.45, 2.75) is 52.5 Å². The van der Waals surface area contributed by atoms with Crippen LogP contribution in [-0.4, -0.2) is 39.5 Å². The summed E-state index contributed by atoms with van der Waals surface area (Å²) in [5.74, 6) is 0.909. The first-order chi connectivity index (χ1) is 8.58. The molecule has 0 aromatic carbocycles. The van der Waals surface area contributed by atoms with Gasteiger partial charge in [-0.15, -0.1) is 0 Å². The zero-order valence-electron chi connectivity index (χ0n) is 12.6. The van der Waals surface area contributed by atoms with Crippen LogP contribution in [0.4, 0.5) is 0 Å². The molecule has 1 aliphatic carbocycles. The van der Waals surface area contributed by atoms with Gasteiger partial charge in [-0.3, -0.25) is 0 Å². The highest BCUT2D eigenvalue weighted by Crippen LogP contribution is 2.47. The SMILES string of the molecule is COCCCOCCC(C)(CNC(C)C)C1CC1. The molecule has 18 heavy (non-hydrogen) atoms. The summed E-state index contributed by atoms with van der Waals surface area (Å²) in [4.78, 5) is 0. The van der Waals surface area contributed by atoms with Crippen molar-refractivity contribution in [3.63, 3.8) is 0 Å². The van der Waals surface area contributed by atoms with Crippen molar-refractivity contribution in [2.75, 3.05) is 33.5 Å². The molecule has 3 nitrogen and oxygen atoms in total. The molecule has 0 spiro atoms. The number of ether oxygens (including phenoxy) is 2.